The van der Waals surface area contributed by atoms with E-state index in [-0.39, 0.29) is 0 Å². The first-order chi connectivity index (χ1) is 14.0. The summed E-state index contributed by atoms with van der Waals surface area (Å²) in [5.74, 6) is 0.852. The van der Waals surface area contributed by atoms with Gasteiger partial charge >= 0.3 is 5.97 Å². The summed E-state index contributed by atoms with van der Waals surface area (Å²) in [6, 6.07) is 11.7. The number of allylic oxidation sites excluding steroid dienone is 1. The summed E-state index contributed by atoms with van der Waals surface area (Å²) in [6.45, 7) is 4.63. The molecule has 6 heteroatoms. The molecule has 0 atom stereocenters. The first-order valence-electron chi connectivity index (χ1n) is 9.70. The Hall–Kier alpha value is -2.86. The van der Waals surface area contributed by atoms with Crippen molar-refractivity contribution in [3.63, 3.8) is 0 Å². The second-order valence-corrected chi connectivity index (χ2v) is 7.83. The molecule has 0 amide bonds. The number of rotatable bonds is 9. The number of benzene rings is 1. The summed E-state index contributed by atoms with van der Waals surface area (Å²) in [6.07, 6.45) is 4.77. The van der Waals surface area contributed by atoms with Crippen molar-refractivity contribution in [1.82, 2.24) is 9.55 Å². The van der Waals surface area contributed by atoms with Crippen molar-refractivity contribution in [2.45, 2.75) is 39.7 Å². The predicted octanol–water partition coefficient (Wildman–Crippen LogP) is 5.36. The van der Waals surface area contributed by atoms with Crippen LogP contribution in [0.5, 0.6) is 5.75 Å². The summed E-state index contributed by atoms with van der Waals surface area (Å²) < 4.78 is 7.49. The number of unbranched alkanes of at least 4 members (excludes halogenated alkanes) is 1. The number of ether oxygens (including phenoxy) is 1. The third-order valence-electron chi connectivity index (χ3n) is 4.91. The molecule has 0 aliphatic carbocycles. The van der Waals surface area contributed by atoms with E-state index in [4.69, 9.17) is 4.74 Å². The molecular formula is C23H26N2O3S. The SMILES string of the molecule is CCCCc1ncc(/C(C)=C(\C(=O)O)c2cccs2)n1Cc1cccc(OC)c1. The zero-order chi connectivity index (χ0) is 20.8. The molecule has 5 nitrogen and oxygen atoms in total. The smallest absolute Gasteiger partial charge is 0.337 e. The van der Waals surface area contributed by atoms with E-state index < -0.39 is 5.97 Å². The number of aryl methyl sites for hydroxylation is 1. The zero-order valence-corrected chi connectivity index (χ0v) is 17.8. The summed E-state index contributed by atoms with van der Waals surface area (Å²) >= 11 is 1.43. The molecule has 0 aliphatic heterocycles. The van der Waals surface area contributed by atoms with Crippen molar-refractivity contribution < 1.29 is 14.6 Å². The molecule has 0 saturated carbocycles. The molecular weight excluding hydrogens is 384 g/mol. The van der Waals surface area contributed by atoms with Crippen molar-refractivity contribution >= 4 is 28.5 Å². The number of aromatic nitrogens is 2. The molecule has 1 N–H and O–H groups in total. The van der Waals surface area contributed by atoms with Crippen molar-refractivity contribution in [3.05, 3.63) is 69.9 Å². The maximum absolute atomic E-state index is 12.0. The Balaban J connectivity index is 2.09. The molecule has 3 rings (SSSR count). The minimum absolute atomic E-state index is 0.328. The van der Waals surface area contributed by atoms with Crippen LogP contribution in [-0.2, 0) is 17.8 Å². The Kier molecular flexibility index (Phi) is 6.88. The highest BCUT2D eigenvalue weighted by atomic mass is 32.1. The number of carboxylic acids is 1. The van der Waals surface area contributed by atoms with Crippen LogP contribution in [0.1, 0.15) is 48.6 Å². The highest BCUT2D eigenvalue weighted by Gasteiger charge is 2.20. The summed E-state index contributed by atoms with van der Waals surface area (Å²) in [7, 11) is 1.65. The number of imidazole rings is 1. The number of methoxy groups -OCH3 is 1. The lowest BCUT2D eigenvalue weighted by Crippen LogP contribution is -2.10. The molecule has 0 aliphatic rings. The van der Waals surface area contributed by atoms with E-state index >= 15 is 0 Å². The third kappa shape index (κ3) is 4.77. The lowest BCUT2D eigenvalue weighted by molar-refractivity contribution is -0.130. The first kappa shape index (κ1) is 20.9. The van der Waals surface area contributed by atoms with E-state index in [0.717, 1.165) is 52.5 Å². The molecule has 2 heterocycles. The van der Waals surface area contributed by atoms with Crippen LogP contribution in [0.15, 0.2) is 48.0 Å². The van der Waals surface area contributed by atoms with Crippen molar-refractivity contribution in [2.24, 2.45) is 0 Å². The van der Waals surface area contributed by atoms with Gasteiger partial charge in [-0.2, -0.15) is 0 Å². The summed E-state index contributed by atoms with van der Waals surface area (Å²) in [5, 5.41) is 11.8. The van der Waals surface area contributed by atoms with E-state index in [1.54, 1.807) is 13.3 Å². The maximum atomic E-state index is 12.0. The Bertz CT molecular complexity index is 1000. The normalized spacial score (nSPS) is 12.0. The lowest BCUT2D eigenvalue weighted by atomic mass is 10.1. The fourth-order valence-corrected chi connectivity index (χ4v) is 4.20. The standard InChI is InChI=1S/C23H26N2O3S/c1-4-5-11-21-24-14-19(16(2)22(23(26)27)20-10-7-12-29-20)25(21)15-17-8-6-9-18(13-17)28-3/h6-10,12-14H,4-5,11,15H2,1-3H3,(H,26,27)/b22-16-. The number of hydrogen-bond donors (Lipinski definition) is 1. The van der Waals surface area contributed by atoms with E-state index in [1.807, 2.05) is 48.7 Å². The van der Waals surface area contributed by atoms with Gasteiger partial charge in [0.05, 0.1) is 24.6 Å². The molecule has 0 bridgehead atoms. The fraction of sp³-hybridized carbons (Fsp3) is 0.304. The van der Waals surface area contributed by atoms with Crippen LogP contribution in [0.3, 0.4) is 0 Å². The predicted molar refractivity (Wildman–Crippen MR) is 117 cm³/mol. The Labute approximate surface area is 175 Å². The number of hydrogen-bond acceptors (Lipinski definition) is 4. The van der Waals surface area contributed by atoms with Crippen LogP contribution in [0.2, 0.25) is 0 Å². The molecule has 0 radical (unpaired) electrons. The zero-order valence-electron chi connectivity index (χ0n) is 17.0. The monoisotopic (exact) mass is 410 g/mol. The number of thiophene rings is 1. The van der Waals surface area contributed by atoms with Gasteiger partial charge in [0.15, 0.2) is 0 Å². The molecule has 0 saturated heterocycles. The van der Waals surface area contributed by atoms with Gasteiger partial charge in [0.1, 0.15) is 11.6 Å². The largest absolute Gasteiger partial charge is 0.497 e. The van der Waals surface area contributed by atoms with Gasteiger partial charge in [-0.15, -0.1) is 11.3 Å². The van der Waals surface area contributed by atoms with Crippen molar-refractivity contribution in [1.29, 1.82) is 0 Å². The van der Waals surface area contributed by atoms with Gasteiger partial charge in [-0.3, -0.25) is 0 Å². The number of carboxylic acid groups (broad SMARTS) is 1. The van der Waals surface area contributed by atoms with Crippen molar-refractivity contribution in [3.8, 4) is 5.75 Å². The van der Waals surface area contributed by atoms with E-state index in [2.05, 4.69) is 16.5 Å². The van der Waals surface area contributed by atoms with Gasteiger partial charge < -0.3 is 14.4 Å². The molecule has 152 valence electrons. The highest BCUT2D eigenvalue weighted by Crippen LogP contribution is 2.30. The van der Waals surface area contributed by atoms with Gasteiger partial charge in [0, 0.05) is 17.8 Å². The molecule has 29 heavy (non-hydrogen) atoms. The number of aliphatic carboxylic acids is 1. The minimum atomic E-state index is -0.922. The highest BCUT2D eigenvalue weighted by molar-refractivity contribution is 7.11. The van der Waals surface area contributed by atoms with Gasteiger partial charge in [-0.1, -0.05) is 31.5 Å². The lowest BCUT2D eigenvalue weighted by Gasteiger charge is -2.15. The Morgan fingerprint density at radius 2 is 2.10 bits per heavy atom. The van der Waals surface area contributed by atoms with Crippen LogP contribution >= 0.6 is 11.3 Å². The molecule has 0 fully saturated rings. The van der Waals surface area contributed by atoms with Crippen LogP contribution in [-0.4, -0.2) is 27.7 Å². The molecule has 2 aromatic heterocycles. The molecule has 1 aromatic carbocycles. The van der Waals surface area contributed by atoms with Crippen LogP contribution in [0.4, 0.5) is 0 Å². The average Bonchev–Trinajstić information content (AvgIpc) is 3.37. The van der Waals surface area contributed by atoms with Gasteiger partial charge in [0.25, 0.3) is 0 Å². The maximum Gasteiger partial charge on any atom is 0.337 e. The fourth-order valence-electron chi connectivity index (χ4n) is 3.38. The van der Waals surface area contributed by atoms with Gasteiger partial charge in [0.2, 0.25) is 0 Å². The Morgan fingerprint density at radius 1 is 1.28 bits per heavy atom. The molecule has 0 spiro atoms. The van der Waals surface area contributed by atoms with E-state index in [0.29, 0.717) is 12.1 Å². The Morgan fingerprint density at radius 3 is 2.76 bits per heavy atom. The number of nitrogens with zero attached hydrogens (tertiary/aromatic N) is 2. The van der Waals surface area contributed by atoms with E-state index in [1.165, 1.54) is 11.3 Å². The third-order valence-corrected chi connectivity index (χ3v) is 5.80. The topological polar surface area (TPSA) is 64.3 Å². The van der Waals surface area contributed by atoms with Crippen LogP contribution < -0.4 is 4.74 Å². The molecule has 0 unspecified atom stereocenters. The van der Waals surface area contributed by atoms with Gasteiger partial charge in [-0.25, -0.2) is 9.78 Å². The second kappa shape index (κ2) is 9.56. The van der Waals surface area contributed by atoms with Gasteiger partial charge in [-0.05, 0) is 48.1 Å². The average molecular weight is 411 g/mol. The summed E-state index contributed by atoms with van der Waals surface area (Å²) in [5.41, 5.74) is 2.97. The van der Waals surface area contributed by atoms with E-state index in [9.17, 15) is 9.90 Å². The van der Waals surface area contributed by atoms with Crippen LogP contribution in [0, 0.1) is 0 Å². The number of carbonyl (C=O) groups is 1. The van der Waals surface area contributed by atoms with Crippen molar-refractivity contribution in [2.75, 3.05) is 7.11 Å². The second-order valence-electron chi connectivity index (χ2n) is 6.88. The minimum Gasteiger partial charge on any atom is -0.497 e. The quantitative estimate of drug-likeness (QED) is 0.482. The molecule has 3 aromatic rings. The summed E-state index contributed by atoms with van der Waals surface area (Å²) in [4.78, 5) is 17.4. The first-order valence-corrected chi connectivity index (χ1v) is 10.6. The van der Waals surface area contributed by atoms with Crippen LogP contribution in [0.25, 0.3) is 11.1 Å².